The molecule has 0 aromatic carbocycles. The van der Waals surface area contributed by atoms with Gasteiger partial charge in [0, 0.05) is 43.7 Å². The number of nitrogens with zero attached hydrogens (tertiary/aromatic N) is 4. The first kappa shape index (κ1) is 19.7. The molecular weight excluding hydrogens is 394 g/mol. The molecule has 1 aliphatic carbocycles. The van der Waals surface area contributed by atoms with Crippen LogP contribution in [0.25, 0.3) is 10.2 Å². The second-order valence-corrected chi connectivity index (χ2v) is 9.46. The van der Waals surface area contributed by atoms with E-state index in [1.165, 1.54) is 23.3 Å². The van der Waals surface area contributed by atoms with Crippen molar-refractivity contribution in [2.45, 2.75) is 44.9 Å². The number of hydrogen-bond donors (Lipinski definition) is 1. The van der Waals surface area contributed by atoms with E-state index in [9.17, 15) is 4.79 Å². The lowest BCUT2D eigenvalue weighted by Crippen LogP contribution is -2.46. The summed E-state index contributed by atoms with van der Waals surface area (Å²) in [7, 11) is 0. The van der Waals surface area contributed by atoms with Gasteiger partial charge < -0.3 is 9.88 Å². The van der Waals surface area contributed by atoms with E-state index in [0.29, 0.717) is 0 Å². The monoisotopic (exact) mass is 423 g/mol. The number of aromatic amines is 1. The first-order chi connectivity index (χ1) is 14.8. The Kier molecular flexibility index (Phi) is 5.82. The Morgan fingerprint density at radius 2 is 1.93 bits per heavy atom. The van der Waals surface area contributed by atoms with Crippen LogP contribution in [-0.4, -0.2) is 52.6 Å². The molecule has 7 heteroatoms. The number of aromatic nitrogens is 3. The van der Waals surface area contributed by atoms with E-state index in [4.69, 9.17) is 4.98 Å². The van der Waals surface area contributed by atoms with Crippen molar-refractivity contribution in [1.29, 1.82) is 0 Å². The van der Waals surface area contributed by atoms with Gasteiger partial charge in [0.05, 0.1) is 5.39 Å². The lowest BCUT2D eigenvalue weighted by atomic mass is 9.97. The number of unbranched alkanes of at least 4 members (excludes halogenated alkanes) is 1. The van der Waals surface area contributed by atoms with Gasteiger partial charge in [-0.05, 0) is 62.8 Å². The van der Waals surface area contributed by atoms with Gasteiger partial charge in [0.25, 0.3) is 5.56 Å². The van der Waals surface area contributed by atoms with Crippen LogP contribution in [0, 0.1) is 0 Å². The summed E-state index contributed by atoms with van der Waals surface area (Å²) in [6, 6.07) is 6.10. The molecule has 4 heterocycles. The molecule has 0 bridgehead atoms. The summed E-state index contributed by atoms with van der Waals surface area (Å²) in [5.74, 6) is 1.93. The summed E-state index contributed by atoms with van der Waals surface area (Å²) < 4.78 is 0. The van der Waals surface area contributed by atoms with E-state index in [0.717, 1.165) is 86.7 Å². The third-order valence-electron chi connectivity index (χ3n) is 6.36. The molecule has 0 amide bonds. The van der Waals surface area contributed by atoms with Crippen molar-refractivity contribution in [1.82, 2.24) is 19.9 Å². The van der Waals surface area contributed by atoms with Gasteiger partial charge in [-0.2, -0.15) is 0 Å². The van der Waals surface area contributed by atoms with E-state index >= 15 is 0 Å². The highest BCUT2D eigenvalue weighted by molar-refractivity contribution is 7.18. The molecule has 0 spiro atoms. The second kappa shape index (κ2) is 8.86. The molecular formula is C23H29N5OS. The van der Waals surface area contributed by atoms with Crippen LogP contribution in [0.3, 0.4) is 0 Å². The third kappa shape index (κ3) is 4.14. The van der Waals surface area contributed by atoms with Gasteiger partial charge in [-0.25, -0.2) is 9.97 Å². The Hall–Kier alpha value is -2.25. The largest absolute Gasteiger partial charge is 0.354 e. The van der Waals surface area contributed by atoms with Crippen LogP contribution in [0.2, 0.25) is 0 Å². The number of pyridine rings is 1. The second-order valence-electron chi connectivity index (χ2n) is 8.38. The fourth-order valence-corrected chi connectivity index (χ4v) is 5.98. The number of piperazine rings is 1. The van der Waals surface area contributed by atoms with Gasteiger partial charge in [-0.1, -0.05) is 6.07 Å². The summed E-state index contributed by atoms with van der Waals surface area (Å²) in [6.45, 7) is 5.34. The first-order valence-electron chi connectivity index (χ1n) is 11.2. The zero-order valence-electron chi connectivity index (χ0n) is 17.4. The van der Waals surface area contributed by atoms with Crippen molar-refractivity contribution in [3.8, 4) is 0 Å². The van der Waals surface area contributed by atoms with Gasteiger partial charge in [0.1, 0.15) is 16.5 Å². The Morgan fingerprint density at radius 1 is 1.07 bits per heavy atom. The smallest absolute Gasteiger partial charge is 0.259 e. The number of nitrogens with one attached hydrogen (secondary N) is 1. The van der Waals surface area contributed by atoms with Crippen LogP contribution in [0.4, 0.5) is 5.82 Å². The highest BCUT2D eigenvalue weighted by atomic mass is 32.1. The van der Waals surface area contributed by atoms with Crippen LogP contribution in [0.5, 0.6) is 0 Å². The Labute approximate surface area is 181 Å². The highest BCUT2D eigenvalue weighted by Crippen LogP contribution is 2.33. The fourth-order valence-electron chi connectivity index (χ4n) is 4.70. The standard InChI is InChI=1S/C23H29N5OS/c29-22-21-17-7-1-2-8-18(17)30-23(21)26-19(25-22)9-4-6-12-27-13-15-28(16-14-27)20-10-3-5-11-24-20/h3,5,10-11H,1-2,4,6-9,12-16H2,(H,25,26,29). The van der Waals surface area contributed by atoms with E-state index < -0.39 is 0 Å². The van der Waals surface area contributed by atoms with Crippen LogP contribution >= 0.6 is 11.3 Å². The maximum absolute atomic E-state index is 12.7. The van der Waals surface area contributed by atoms with Gasteiger partial charge in [0.15, 0.2) is 0 Å². The van der Waals surface area contributed by atoms with Crippen molar-refractivity contribution in [3.05, 3.63) is 51.0 Å². The quantitative estimate of drug-likeness (QED) is 0.616. The lowest BCUT2D eigenvalue weighted by Gasteiger charge is -2.35. The number of anilines is 1. The third-order valence-corrected chi connectivity index (χ3v) is 7.54. The highest BCUT2D eigenvalue weighted by Gasteiger charge is 2.20. The van der Waals surface area contributed by atoms with Crippen LogP contribution in [0.1, 0.15) is 41.9 Å². The molecule has 0 atom stereocenters. The maximum atomic E-state index is 12.7. The minimum Gasteiger partial charge on any atom is -0.354 e. The lowest BCUT2D eigenvalue weighted by molar-refractivity contribution is 0.252. The van der Waals surface area contributed by atoms with E-state index in [1.54, 1.807) is 11.3 Å². The normalized spacial score (nSPS) is 17.4. The number of rotatable bonds is 6. The zero-order chi connectivity index (χ0) is 20.3. The Bertz CT molecular complexity index is 1050. The molecule has 5 rings (SSSR count). The topological polar surface area (TPSA) is 65.1 Å². The molecule has 2 aliphatic rings. The predicted molar refractivity (Wildman–Crippen MR) is 123 cm³/mol. The van der Waals surface area contributed by atoms with Gasteiger partial charge >= 0.3 is 0 Å². The molecule has 0 radical (unpaired) electrons. The molecule has 0 unspecified atom stereocenters. The fraction of sp³-hybridized carbons (Fsp3) is 0.522. The molecule has 0 saturated carbocycles. The van der Waals surface area contributed by atoms with Crippen LogP contribution < -0.4 is 10.5 Å². The van der Waals surface area contributed by atoms with Crippen molar-refractivity contribution >= 4 is 27.4 Å². The van der Waals surface area contributed by atoms with Gasteiger partial charge in [-0.15, -0.1) is 11.3 Å². The first-order valence-corrected chi connectivity index (χ1v) is 12.0. The SMILES string of the molecule is O=c1[nH]c(CCCCN2CCN(c3ccccn3)CC2)nc2sc3c(c12)CCCC3. The van der Waals surface area contributed by atoms with Gasteiger partial charge in [-0.3, -0.25) is 9.69 Å². The van der Waals surface area contributed by atoms with Crippen molar-refractivity contribution in [3.63, 3.8) is 0 Å². The number of aryl methyl sites for hydroxylation is 3. The predicted octanol–water partition coefficient (Wildman–Crippen LogP) is 3.40. The molecule has 6 nitrogen and oxygen atoms in total. The van der Waals surface area contributed by atoms with Gasteiger partial charge in [0.2, 0.25) is 0 Å². The average Bonchev–Trinajstić information content (AvgIpc) is 3.17. The number of thiophene rings is 1. The summed E-state index contributed by atoms with van der Waals surface area (Å²) in [5.41, 5.74) is 1.34. The molecule has 158 valence electrons. The minimum atomic E-state index is 0.0695. The van der Waals surface area contributed by atoms with Crippen molar-refractivity contribution < 1.29 is 0 Å². The molecule has 1 N–H and O–H groups in total. The number of fused-ring (bicyclic) bond motifs is 3. The summed E-state index contributed by atoms with van der Waals surface area (Å²) in [5, 5.41) is 0.865. The summed E-state index contributed by atoms with van der Waals surface area (Å²) in [6.07, 6.45) is 9.47. The van der Waals surface area contributed by atoms with E-state index in [-0.39, 0.29) is 5.56 Å². The maximum Gasteiger partial charge on any atom is 0.259 e. The average molecular weight is 424 g/mol. The number of hydrogen-bond acceptors (Lipinski definition) is 6. The molecule has 3 aromatic rings. The molecule has 30 heavy (non-hydrogen) atoms. The number of H-pyrrole nitrogens is 1. The van der Waals surface area contributed by atoms with Crippen molar-refractivity contribution in [2.24, 2.45) is 0 Å². The molecule has 1 fully saturated rings. The minimum absolute atomic E-state index is 0.0695. The summed E-state index contributed by atoms with van der Waals surface area (Å²) in [4.78, 5) is 32.2. The van der Waals surface area contributed by atoms with Crippen LogP contribution in [0.15, 0.2) is 29.2 Å². The molecule has 1 aliphatic heterocycles. The van der Waals surface area contributed by atoms with Crippen LogP contribution in [-0.2, 0) is 19.3 Å². The molecule has 3 aromatic heterocycles. The van der Waals surface area contributed by atoms with Crippen molar-refractivity contribution in [2.75, 3.05) is 37.6 Å². The van der Waals surface area contributed by atoms with E-state index in [2.05, 4.69) is 31.9 Å². The Balaban J connectivity index is 1.12. The summed E-state index contributed by atoms with van der Waals surface area (Å²) >= 11 is 1.74. The Morgan fingerprint density at radius 3 is 2.77 bits per heavy atom. The zero-order valence-corrected chi connectivity index (χ0v) is 18.2. The van der Waals surface area contributed by atoms with E-state index in [1.807, 2.05) is 12.3 Å². The molecule has 1 saturated heterocycles.